The average molecular weight is 237 g/mol. The van der Waals surface area contributed by atoms with Crippen LogP contribution in [-0.2, 0) is 14.9 Å². The second-order valence-corrected chi connectivity index (χ2v) is 3.90. The molecule has 4 nitrogen and oxygen atoms in total. The smallest absolute Gasteiger partial charge is 0.315 e. The molecule has 4 heteroatoms. The van der Waals surface area contributed by atoms with E-state index in [1.54, 1.807) is 12.1 Å². The summed E-state index contributed by atoms with van der Waals surface area (Å²) in [6, 6.07) is 9.10. The molecule has 0 saturated carbocycles. The number of nitrogens with two attached hydrogens (primary N) is 1. The number of ether oxygens (including phenoxy) is 1. The van der Waals surface area contributed by atoms with Crippen LogP contribution in [0.4, 0.5) is 0 Å². The zero-order valence-electron chi connectivity index (χ0n) is 10.1. The molecule has 0 aliphatic heterocycles. The van der Waals surface area contributed by atoms with Gasteiger partial charge in [0.2, 0.25) is 0 Å². The fraction of sp³-hybridized carbons (Fsp3) is 0.462. The molecule has 0 aliphatic rings. The Morgan fingerprint density at radius 3 is 2.53 bits per heavy atom. The van der Waals surface area contributed by atoms with Crippen LogP contribution in [0, 0.1) is 0 Å². The molecule has 0 bridgehead atoms. The van der Waals surface area contributed by atoms with E-state index in [-0.39, 0.29) is 6.54 Å². The minimum Gasteiger partial charge on any atom is -0.481 e. The zero-order valence-corrected chi connectivity index (χ0v) is 10.1. The van der Waals surface area contributed by atoms with Crippen LogP contribution in [-0.4, -0.2) is 30.8 Å². The maximum Gasteiger partial charge on any atom is 0.315 e. The third-order valence-corrected chi connectivity index (χ3v) is 2.96. The van der Waals surface area contributed by atoms with E-state index in [0.29, 0.717) is 19.6 Å². The number of carboxylic acid groups (broad SMARTS) is 1. The van der Waals surface area contributed by atoms with E-state index in [1.165, 1.54) is 0 Å². The van der Waals surface area contributed by atoms with Gasteiger partial charge >= 0.3 is 5.97 Å². The first-order valence-corrected chi connectivity index (χ1v) is 5.74. The molecule has 1 rings (SSSR count). The van der Waals surface area contributed by atoms with Crippen LogP contribution in [0.15, 0.2) is 30.3 Å². The van der Waals surface area contributed by atoms with Crippen molar-refractivity contribution >= 4 is 5.97 Å². The first-order valence-electron chi connectivity index (χ1n) is 5.74. The van der Waals surface area contributed by atoms with Crippen molar-refractivity contribution in [2.45, 2.75) is 18.8 Å². The summed E-state index contributed by atoms with van der Waals surface area (Å²) in [4.78, 5) is 11.5. The van der Waals surface area contributed by atoms with E-state index >= 15 is 0 Å². The predicted octanol–water partition coefficient (Wildman–Crippen LogP) is 1.39. The Balaban J connectivity index is 2.97. The minimum absolute atomic E-state index is 0.0689. The van der Waals surface area contributed by atoms with E-state index in [0.717, 1.165) is 5.56 Å². The molecule has 0 aromatic heterocycles. The number of hydrogen-bond acceptors (Lipinski definition) is 3. The summed E-state index contributed by atoms with van der Waals surface area (Å²) in [7, 11) is 0. The summed E-state index contributed by atoms with van der Waals surface area (Å²) in [5.41, 5.74) is 5.37. The molecule has 1 aromatic carbocycles. The quantitative estimate of drug-likeness (QED) is 0.703. The second kappa shape index (κ2) is 6.37. The third-order valence-electron chi connectivity index (χ3n) is 2.96. The van der Waals surface area contributed by atoms with Crippen molar-refractivity contribution in [3.8, 4) is 0 Å². The van der Waals surface area contributed by atoms with Crippen molar-refractivity contribution in [2.24, 2.45) is 5.73 Å². The van der Waals surface area contributed by atoms with E-state index < -0.39 is 11.4 Å². The molecule has 0 spiro atoms. The largest absolute Gasteiger partial charge is 0.481 e. The van der Waals surface area contributed by atoms with Gasteiger partial charge in [-0.15, -0.1) is 0 Å². The van der Waals surface area contributed by atoms with E-state index in [2.05, 4.69) is 0 Å². The Morgan fingerprint density at radius 1 is 1.41 bits per heavy atom. The monoisotopic (exact) mass is 237 g/mol. The van der Waals surface area contributed by atoms with Crippen LogP contribution in [0.25, 0.3) is 0 Å². The summed E-state index contributed by atoms with van der Waals surface area (Å²) >= 11 is 0. The maximum absolute atomic E-state index is 11.5. The zero-order chi connectivity index (χ0) is 12.7. The number of benzene rings is 1. The highest BCUT2D eigenvalue weighted by Gasteiger charge is 2.38. The topological polar surface area (TPSA) is 72.5 Å². The Hall–Kier alpha value is -1.39. The standard InChI is InChI=1S/C13H19NO3/c1-2-17-9-8-13(10-14,12(15)16)11-6-4-3-5-7-11/h3-7H,2,8-10,14H2,1H3,(H,15,16). The van der Waals surface area contributed by atoms with Crippen molar-refractivity contribution < 1.29 is 14.6 Å². The van der Waals surface area contributed by atoms with Crippen LogP contribution >= 0.6 is 0 Å². The SMILES string of the molecule is CCOCCC(CN)(C(=O)O)c1ccccc1. The van der Waals surface area contributed by atoms with Gasteiger partial charge in [-0.3, -0.25) is 4.79 Å². The number of hydrogen-bond donors (Lipinski definition) is 2. The predicted molar refractivity (Wildman–Crippen MR) is 65.9 cm³/mol. The summed E-state index contributed by atoms with van der Waals surface area (Å²) in [6.07, 6.45) is 0.386. The number of carbonyl (C=O) groups is 1. The molecule has 0 heterocycles. The Labute approximate surface area is 101 Å². The Kier molecular flexibility index (Phi) is 5.12. The molecule has 0 radical (unpaired) electrons. The van der Waals surface area contributed by atoms with Gasteiger partial charge in [0.05, 0.1) is 0 Å². The maximum atomic E-state index is 11.5. The highest BCUT2D eigenvalue weighted by atomic mass is 16.5. The lowest BCUT2D eigenvalue weighted by Gasteiger charge is -2.28. The van der Waals surface area contributed by atoms with Crippen LogP contribution in [0.3, 0.4) is 0 Å². The Morgan fingerprint density at radius 2 is 2.06 bits per heavy atom. The molecule has 1 atom stereocenters. The number of aliphatic carboxylic acids is 1. The molecular weight excluding hydrogens is 218 g/mol. The van der Waals surface area contributed by atoms with E-state index in [1.807, 2.05) is 25.1 Å². The lowest BCUT2D eigenvalue weighted by molar-refractivity contribution is -0.144. The lowest BCUT2D eigenvalue weighted by Crippen LogP contribution is -2.44. The average Bonchev–Trinajstić information content (AvgIpc) is 2.36. The van der Waals surface area contributed by atoms with Crippen molar-refractivity contribution in [1.82, 2.24) is 0 Å². The fourth-order valence-corrected chi connectivity index (χ4v) is 1.83. The summed E-state index contributed by atoms with van der Waals surface area (Å²) in [5.74, 6) is -0.897. The van der Waals surface area contributed by atoms with Gasteiger partial charge in [-0.1, -0.05) is 30.3 Å². The van der Waals surface area contributed by atoms with Gasteiger partial charge in [-0.2, -0.15) is 0 Å². The first-order chi connectivity index (χ1) is 8.17. The molecule has 0 fully saturated rings. The number of carboxylic acids is 1. The van der Waals surface area contributed by atoms with Crippen molar-refractivity contribution in [3.05, 3.63) is 35.9 Å². The van der Waals surface area contributed by atoms with E-state index in [9.17, 15) is 9.90 Å². The van der Waals surface area contributed by atoms with Gasteiger partial charge in [0, 0.05) is 19.8 Å². The number of rotatable bonds is 7. The summed E-state index contributed by atoms with van der Waals surface area (Å²) < 4.78 is 5.24. The van der Waals surface area contributed by atoms with Crippen molar-refractivity contribution in [3.63, 3.8) is 0 Å². The molecule has 94 valence electrons. The normalized spacial score (nSPS) is 14.2. The van der Waals surface area contributed by atoms with Gasteiger partial charge in [0.15, 0.2) is 0 Å². The molecule has 1 unspecified atom stereocenters. The van der Waals surface area contributed by atoms with Gasteiger partial charge in [0.25, 0.3) is 0 Å². The highest BCUT2D eigenvalue weighted by molar-refractivity contribution is 5.81. The van der Waals surface area contributed by atoms with Gasteiger partial charge in [-0.25, -0.2) is 0 Å². The molecule has 0 aliphatic carbocycles. The fourth-order valence-electron chi connectivity index (χ4n) is 1.83. The van der Waals surface area contributed by atoms with Gasteiger partial charge in [0.1, 0.15) is 5.41 Å². The first kappa shape index (κ1) is 13.7. The second-order valence-electron chi connectivity index (χ2n) is 3.90. The molecule has 3 N–H and O–H groups in total. The van der Waals surface area contributed by atoms with Gasteiger partial charge < -0.3 is 15.6 Å². The molecule has 0 saturated heterocycles. The molecule has 0 amide bonds. The van der Waals surface area contributed by atoms with Gasteiger partial charge in [-0.05, 0) is 18.9 Å². The van der Waals surface area contributed by atoms with Crippen LogP contribution in [0.1, 0.15) is 18.9 Å². The van der Waals surface area contributed by atoms with Crippen molar-refractivity contribution in [2.75, 3.05) is 19.8 Å². The molecular formula is C13H19NO3. The summed E-state index contributed by atoms with van der Waals surface area (Å²) in [5, 5.41) is 9.44. The highest BCUT2D eigenvalue weighted by Crippen LogP contribution is 2.27. The van der Waals surface area contributed by atoms with Crippen molar-refractivity contribution in [1.29, 1.82) is 0 Å². The summed E-state index contributed by atoms with van der Waals surface area (Å²) in [6.45, 7) is 2.93. The lowest BCUT2D eigenvalue weighted by atomic mass is 9.78. The van der Waals surface area contributed by atoms with Crippen LogP contribution in [0.2, 0.25) is 0 Å². The Bertz CT molecular complexity index is 353. The molecule has 1 aromatic rings. The third kappa shape index (κ3) is 3.05. The minimum atomic E-state index is -1.05. The molecule has 17 heavy (non-hydrogen) atoms. The van der Waals surface area contributed by atoms with Crippen LogP contribution < -0.4 is 5.73 Å². The van der Waals surface area contributed by atoms with E-state index in [4.69, 9.17) is 10.5 Å². The van der Waals surface area contributed by atoms with Crippen LogP contribution in [0.5, 0.6) is 0 Å².